The highest BCUT2D eigenvalue weighted by atomic mass is 16.5. The van der Waals surface area contributed by atoms with Gasteiger partial charge in [0.05, 0.1) is 5.76 Å². The molecule has 0 N–H and O–H groups in total. The Morgan fingerprint density at radius 1 is 0.853 bits per heavy atom. The predicted molar refractivity (Wildman–Crippen MR) is 141 cm³/mol. The molecule has 34 heavy (non-hydrogen) atoms. The fourth-order valence-corrected chi connectivity index (χ4v) is 4.31. The molecule has 1 saturated carbocycles. The number of ether oxygens (including phenoxy) is 2. The molecule has 3 rings (SSSR count). The van der Waals surface area contributed by atoms with E-state index in [9.17, 15) is 4.79 Å². The molecular formula is C31H42O3. The number of esters is 1. The third-order valence-corrected chi connectivity index (χ3v) is 6.63. The standard InChI is InChI=1S/C30H38O3.CH4/c1-21(2)23(5)32-19-26-8-6-24(7-9-26)18-25-10-14-28(15-11-25)29-16-12-27(13-17-29)20-33-30(31)22(3)4;/h6-9,12-13,16-17,21,25,28H,3,5,10-11,14-15,18-20H2,1-2,4H3;1H4. The molecule has 2 aromatic rings. The molecule has 3 heteroatoms. The van der Waals surface area contributed by atoms with Gasteiger partial charge in [-0.2, -0.15) is 0 Å². The zero-order chi connectivity index (χ0) is 23.8. The van der Waals surface area contributed by atoms with Gasteiger partial charge in [0, 0.05) is 11.5 Å². The average molecular weight is 463 g/mol. The molecule has 1 aliphatic carbocycles. The Labute approximate surface area is 206 Å². The number of hydrogen-bond acceptors (Lipinski definition) is 3. The van der Waals surface area contributed by atoms with E-state index in [4.69, 9.17) is 9.47 Å². The molecule has 1 aliphatic rings. The van der Waals surface area contributed by atoms with Crippen molar-refractivity contribution in [2.24, 2.45) is 11.8 Å². The Morgan fingerprint density at radius 3 is 1.88 bits per heavy atom. The largest absolute Gasteiger partial charge is 0.494 e. The predicted octanol–water partition coefficient (Wildman–Crippen LogP) is 8.14. The van der Waals surface area contributed by atoms with Gasteiger partial charge >= 0.3 is 5.97 Å². The van der Waals surface area contributed by atoms with Gasteiger partial charge in [-0.25, -0.2) is 4.79 Å². The van der Waals surface area contributed by atoms with Crippen LogP contribution in [-0.2, 0) is 33.9 Å². The molecule has 0 bridgehead atoms. The Balaban J connectivity index is 0.00000408. The number of benzene rings is 2. The molecule has 0 amide bonds. The van der Waals surface area contributed by atoms with Crippen LogP contribution in [0.15, 0.2) is 73.0 Å². The molecule has 1 fully saturated rings. The first kappa shape index (κ1) is 27.4. The molecule has 0 heterocycles. The zero-order valence-corrected chi connectivity index (χ0v) is 20.4. The van der Waals surface area contributed by atoms with Crippen molar-refractivity contribution in [3.05, 3.63) is 95.3 Å². The Hall–Kier alpha value is -2.81. The summed E-state index contributed by atoms with van der Waals surface area (Å²) >= 11 is 0. The maximum absolute atomic E-state index is 11.6. The number of hydrogen-bond donors (Lipinski definition) is 0. The van der Waals surface area contributed by atoms with Crippen LogP contribution in [0.2, 0.25) is 0 Å². The van der Waals surface area contributed by atoms with E-state index in [0.717, 1.165) is 23.7 Å². The normalized spacial score (nSPS) is 17.5. The van der Waals surface area contributed by atoms with Crippen molar-refractivity contribution < 1.29 is 14.3 Å². The van der Waals surface area contributed by atoms with Gasteiger partial charge in [0.1, 0.15) is 13.2 Å². The number of carbonyl (C=O) groups is 1. The summed E-state index contributed by atoms with van der Waals surface area (Å²) in [5, 5.41) is 0. The number of carbonyl (C=O) groups excluding carboxylic acids is 1. The lowest BCUT2D eigenvalue weighted by Crippen LogP contribution is -2.15. The third kappa shape index (κ3) is 8.20. The van der Waals surface area contributed by atoms with Crippen molar-refractivity contribution in [3.63, 3.8) is 0 Å². The molecule has 0 saturated heterocycles. The van der Waals surface area contributed by atoms with Crippen molar-refractivity contribution in [3.8, 4) is 0 Å². The van der Waals surface area contributed by atoms with E-state index in [0.29, 0.717) is 30.6 Å². The summed E-state index contributed by atoms with van der Waals surface area (Å²) in [5.41, 5.74) is 5.46. The fraction of sp³-hybridized carbons (Fsp3) is 0.452. The highest BCUT2D eigenvalue weighted by Crippen LogP contribution is 2.37. The lowest BCUT2D eigenvalue weighted by Gasteiger charge is -2.29. The minimum Gasteiger partial charge on any atom is -0.494 e. The van der Waals surface area contributed by atoms with Crippen LogP contribution in [0.4, 0.5) is 0 Å². The van der Waals surface area contributed by atoms with E-state index >= 15 is 0 Å². The van der Waals surface area contributed by atoms with Crippen LogP contribution in [0.3, 0.4) is 0 Å². The summed E-state index contributed by atoms with van der Waals surface area (Å²) in [5.74, 6) is 2.24. The highest BCUT2D eigenvalue weighted by Gasteiger charge is 2.22. The summed E-state index contributed by atoms with van der Waals surface area (Å²) in [6.45, 7) is 14.3. The molecule has 0 aliphatic heterocycles. The topological polar surface area (TPSA) is 35.5 Å². The van der Waals surface area contributed by atoms with E-state index in [1.807, 2.05) is 0 Å². The minimum absolute atomic E-state index is 0. The average Bonchev–Trinajstić information content (AvgIpc) is 2.82. The second-order valence-corrected chi connectivity index (χ2v) is 9.75. The quantitative estimate of drug-likeness (QED) is 0.203. The SMILES string of the molecule is C.C=C(C)C(=O)OCc1ccc(C2CCC(Cc3ccc(COC(=C)C(C)C)cc3)CC2)cc1. The maximum Gasteiger partial charge on any atom is 0.333 e. The molecule has 0 aromatic heterocycles. The maximum atomic E-state index is 11.6. The van der Waals surface area contributed by atoms with Crippen LogP contribution in [-0.4, -0.2) is 5.97 Å². The van der Waals surface area contributed by atoms with Gasteiger partial charge in [-0.15, -0.1) is 0 Å². The first-order valence-electron chi connectivity index (χ1n) is 12.1. The van der Waals surface area contributed by atoms with Crippen LogP contribution in [0.5, 0.6) is 0 Å². The highest BCUT2D eigenvalue weighted by molar-refractivity contribution is 5.86. The van der Waals surface area contributed by atoms with Crippen molar-refractivity contribution >= 4 is 5.97 Å². The first-order chi connectivity index (χ1) is 15.8. The first-order valence-corrected chi connectivity index (χ1v) is 12.1. The Bertz CT molecular complexity index is 930. The van der Waals surface area contributed by atoms with Gasteiger partial charge in [0.25, 0.3) is 0 Å². The van der Waals surface area contributed by atoms with E-state index in [1.165, 1.54) is 42.4 Å². The molecule has 3 nitrogen and oxygen atoms in total. The number of rotatable bonds is 10. The van der Waals surface area contributed by atoms with Crippen molar-refractivity contribution in [1.29, 1.82) is 0 Å². The van der Waals surface area contributed by atoms with Crippen molar-refractivity contribution in [2.75, 3.05) is 0 Å². The van der Waals surface area contributed by atoms with Gasteiger partial charge in [0.15, 0.2) is 0 Å². The van der Waals surface area contributed by atoms with Crippen molar-refractivity contribution in [1.82, 2.24) is 0 Å². The molecule has 0 unspecified atom stereocenters. The van der Waals surface area contributed by atoms with Crippen LogP contribution < -0.4 is 0 Å². The summed E-state index contributed by atoms with van der Waals surface area (Å²) < 4.78 is 11.0. The second-order valence-electron chi connectivity index (χ2n) is 9.75. The summed E-state index contributed by atoms with van der Waals surface area (Å²) in [6.07, 6.45) is 6.15. The second kappa shape index (κ2) is 13.2. The van der Waals surface area contributed by atoms with Crippen LogP contribution in [0.1, 0.15) is 82.1 Å². The molecular weight excluding hydrogens is 420 g/mol. The third-order valence-electron chi connectivity index (χ3n) is 6.63. The van der Waals surface area contributed by atoms with Gasteiger partial charge in [-0.3, -0.25) is 0 Å². The summed E-state index contributed by atoms with van der Waals surface area (Å²) in [7, 11) is 0. The van der Waals surface area contributed by atoms with Gasteiger partial charge in [-0.05, 0) is 73.1 Å². The van der Waals surface area contributed by atoms with Gasteiger partial charge in [0.2, 0.25) is 0 Å². The smallest absolute Gasteiger partial charge is 0.333 e. The molecule has 0 spiro atoms. The van der Waals surface area contributed by atoms with Gasteiger partial charge < -0.3 is 9.47 Å². The van der Waals surface area contributed by atoms with Crippen LogP contribution >= 0.6 is 0 Å². The molecule has 184 valence electrons. The zero-order valence-electron chi connectivity index (χ0n) is 20.4. The van der Waals surface area contributed by atoms with Crippen LogP contribution in [0, 0.1) is 11.8 Å². The Kier molecular flexibility index (Phi) is 10.6. The minimum atomic E-state index is -0.336. The van der Waals surface area contributed by atoms with E-state index < -0.39 is 0 Å². The molecule has 0 radical (unpaired) electrons. The van der Waals surface area contributed by atoms with E-state index in [1.54, 1.807) is 6.92 Å². The monoisotopic (exact) mass is 462 g/mol. The van der Waals surface area contributed by atoms with Crippen molar-refractivity contribution in [2.45, 2.75) is 79.4 Å². The fourth-order valence-electron chi connectivity index (χ4n) is 4.31. The summed E-state index contributed by atoms with van der Waals surface area (Å²) in [4.78, 5) is 11.6. The number of allylic oxidation sites excluding steroid dienone is 1. The molecule has 2 aromatic carbocycles. The van der Waals surface area contributed by atoms with E-state index in [2.05, 4.69) is 75.5 Å². The lowest BCUT2D eigenvalue weighted by atomic mass is 9.76. The molecule has 0 atom stereocenters. The van der Waals surface area contributed by atoms with E-state index in [-0.39, 0.29) is 13.4 Å². The summed E-state index contributed by atoms with van der Waals surface area (Å²) in [6, 6.07) is 17.4. The Morgan fingerprint density at radius 2 is 1.35 bits per heavy atom. The van der Waals surface area contributed by atoms with Gasteiger partial charge in [-0.1, -0.05) is 83.0 Å². The lowest BCUT2D eigenvalue weighted by molar-refractivity contribution is -0.140. The van der Waals surface area contributed by atoms with Crippen LogP contribution in [0.25, 0.3) is 0 Å².